The molecule has 1 atom stereocenters. The first kappa shape index (κ1) is 67.6. The second-order valence-electron chi connectivity index (χ2n) is 21.0. The van der Waals surface area contributed by atoms with Gasteiger partial charge in [-0.3, -0.25) is 14.4 Å². The summed E-state index contributed by atoms with van der Waals surface area (Å²) in [5.41, 5.74) is 0. The van der Waals surface area contributed by atoms with Crippen molar-refractivity contribution in [2.24, 2.45) is 0 Å². The number of carbonyl (C=O) groups is 3. The van der Waals surface area contributed by atoms with E-state index in [1.54, 1.807) is 0 Å². The van der Waals surface area contributed by atoms with Gasteiger partial charge in [0, 0.05) is 19.3 Å². The molecule has 1 unspecified atom stereocenters. The fourth-order valence-corrected chi connectivity index (χ4v) is 9.18. The molecule has 0 aliphatic carbocycles. The van der Waals surface area contributed by atoms with E-state index in [2.05, 4.69) is 57.2 Å². The molecule has 0 aliphatic heterocycles. The molecule has 0 N–H and O–H groups in total. The number of hydrogen-bond acceptors (Lipinski definition) is 6. The molecule has 0 heterocycles. The van der Waals surface area contributed by atoms with E-state index in [-0.39, 0.29) is 31.1 Å². The normalized spacial score (nSPS) is 12.2. The van der Waals surface area contributed by atoms with Crippen molar-refractivity contribution in [2.45, 2.75) is 341 Å². The number of rotatable bonds is 57. The van der Waals surface area contributed by atoms with Crippen LogP contribution in [0.2, 0.25) is 0 Å². The van der Waals surface area contributed by atoms with E-state index in [1.165, 1.54) is 225 Å². The van der Waals surface area contributed by atoms with Crippen LogP contribution in [0.3, 0.4) is 0 Å². The summed E-state index contributed by atoms with van der Waals surface area (Å²) in [4.78, 5) is 38.0. The lowest BCUT2D eigenvalue weighted by molar-refractivity contribution is -0.167. The molecule has 0 saturated heterocycles. The van der Waals surface area contributed by atoms with E-state index in [0.717, 1.165) is 70.6 Å². The zero-order chi connectivity index (χ0) is 50.7. The average molecular weight is 984 g/mol. The number of ether oxygens (including phenoxy) is 3. The van der Waals surface area contributed by atoms with Crippen molar-refractivity contribution in [2.75, 3.05) is 13.2 Å². The fourth-order valence-electron chi connectivity index (χ4n) is 9.18. The van der Waals surface area contributed by atoms with Crippen molar-refractivity contribution < 1.29 is 28.6 Å². The predicted octanol–water partition coefficient (Wildman–Crippen LogP) is 20.8. The Balaban J connectivity index is 4.04. The van der Waals surface area contributed by atoms with Crippen LogP contribution in [-0.4, -0.2) is 37.2 Å². The third-order valence-electron chi connectivity index (χ3n) is 13.9. The molecule has 0 saturated carbocycles. The Morgan fingerprint density at radius 3 is 0.800 bits per heavy atom. The SMILES string of the molecule is CCCCCCC/C=C\C/C=C\CCCCCCCCCCCCCCCCCCCC(=O)OCC(COC(=O)CCCCCCCCC)OC(=O)CCCCCCC/C=C\CCCCCCCCC. The number of allylic oxidation sites excluding steroid dienone is 6. The summed E-state index contributed by atoms with van der Waals surface area (Å²) < 4.78 is 16.8. The lowest BCUT2D eigenvalue weighted by Crippen LogP contribution is -2.30. The highest BCUT2D eigenvalue weighted by molar-refractivity contribution is 5.71. The maximum atomic E-state index is 12.8. The molecule has 0 aliphatic rings. The van der Waals surface area contributed by atoms with Gasteiger partial charge in [-0.25, -0.2) is 0 Å². The van der Waals surface area contributed by atoms with Crippen LogP contribution in [0.15, 0.2) is 36.5 Å². The maximum Gasteiger partial charge on any atom is 0.306 e. The Bertz CT molecular complexity index is 1170. The van der Waals surface area contributed by atoms with Gasteiger partial charge in [-0.2, -0.15) is 0 Å². The van der Waals surface area contributed by atoms with Gasteiger partial charge in [-0.1, -0.05) is 276 Å². The summed E-state index contributed by atoms with van der Waals surface area (Å²) >= 11 is 0. The molecule has 410 valence electrons. The first-order valence-electron chi connectivity index (χ1n) is 31.0. The molecule has 0 fully saturated rings. The van der Waals surface area contributed by atoms with Crippen LogP contribution in [0.1, 0.15) is 335 Å². The molecular weight excluding hydrogens is 865 g/mol. The van der Waals surface area contributed by atoms with Crippen molar-refractivity contribution in [3.63, 3.8) is 0 Å². The highest BCUT2D eigenvalue weighted by Gasteiger charge is 2.19. The molecule has 6 heteroatoms. The molecule has 0 bridgehead atoms. The summed E-state index contributed by atoms with van der Waals surface area (Å²) in [5.74, 6) is -0.869. The van der Waals surface area contributed by atoms with Gasteiger partial charge in [-0.05, 0) is 77.0 Å². The number of hydrogen-bond donors (Lipinski definition) is 0. The molecule has 0 aromatic rings. The van der Waals surface area contributed by atoms with Crippen LogP contribution in [-0.2, 0) is 28.6 Å². The van der Waals surface area contributed by atoms with Gasteiger partial charge in [0.2, 0.25) is 0 Å². The largest absolute Gasteiger partial charge is 0.462 e. The molecule has 0 amide bonds. The zero-order valence-corrected chi connectivity index (χ0v) is 47.1. The maximum absolute atomic E-state index is 12.8. The highest BCUT2D eigenvalue weighted by atomic mass is 16.6. The van der Waals surface area contributed by atoms with Crippen LogP contribution in [0, 0.1) is 0 Å². The van der Waals surface area contributed by atoms with Crippen LogP contribution < -0.4 is 0 Å². The summed E-state index contributed by atoms with van der Waals surface area (Å²) in [6.07, 6.45) is 71.8. The van der Waals surface area contributed by atoms with Gasteiger partial charge in [0.15, 0.2) is 6.10 Å². The van der Waals surface area contributed by atoms with Gasteiger partial charge in [0.25, 0.3) is 0 Å². The van der Waals surface area contributed by atoms with E-state index in [0.29, 0.717) is 19.3 Å². The molecule has 0 rings (SSSR count). The lowest BCUT2D eigenvalue weighted by atomic mass is 10.0. The monoisotopic (exact) mass is 983 g/mol. The van der Waals surface area contributed by atoms with E-state index >= 15 is 0 Å². The first-order chi connectivity index (χ1) is 34.5. The Hall–Kier alpha value is -2.37. The molecule has 6 nitrogen and oxygen atoms in total. The minimum absolute atomic E-state index is 0.0714. The van der Waals surface area contributed by atoms with Crippen molar-refractivity contribution in [1.82, 2.24) is 0 Å². The Morgan fingerprint density at radius 2 is 0.514 bits per heavy atom. The summed E-state index contributed by atoms with van der Waals surface area (Å²) in [6, 6.07) is 0. The van der Waals surface area contributed by atoms with Crippen molar-refractivity contribution >= 4 is 17.9 Å². The van der Waals surface area contributed by atoms with Gasteiger partial charge < -0.3 is 14.2 Å². The number of esters is 3. The van der Waals surface area contributed by atoms with Crippen LogP contribution >= 0.6 is 0 Å². The third kappa shape index (κ3) is 56.5. The molecular formula is C64H118O6. The number of unbranched alkanes of at least 4 members (excludes halogenated alkanes) is 40. The zero-order valence-electron chi connectivity index (χ0n) is 47.1. The van der Waals surface area contributed by atoms with Crippen LogP contribution in [0.5, 0.6) is 0 Å². The Labute approximate surface area is 435 Å². The quantitative estimate of drug-likeness (QED) is 0.0261. The Morgan fingerprint density at radius 1 is 0.286 bits per heavy atom. The first-order valence-corrected chi connectivity index (χ1v) is 31.0. The topological polar surface area (TPSA) is 78.9 Å². The van der Waals surface area contributed by atoms with E-state index in [1.807, 2.05) is 0 Å². The smallest absolute Gasteiger partial charge is 0.306 e. The van der Waals surface area contributed by atoms with E-state index in [4.69, 9.17) is 14.2 Å². The van der Waals surface area contributed by atoms with Gasteiger partial charge in [0.05, 0.1) is 0 Å². The van der Waals surface area contributed by atoms with Crippen molar-refractivity contribution in [3.05, 3.63) is 36.5 Å². The fraction of sp³-hybridized carbons (Fsp3) is 0.859. The predicted molar refractivity (Wildman–Crippen MR) is 302 cm³/mol. The van der Waals surface area contributed by atoms with Crippen molar-refractivity contribution in [1.29, 1.82) is 0 Å². The summed E-state index contributed by atoms with van der Waals surface area (Å²) in [7, 11) is 0. The molecule has 0 aromatic carbocycles. The van der Waals surface area contributed by atoms with Gasteiger partial charge in [-0.15, -0.1) is 0 Å². The molecule has 0 spiro atoms. The van der Waals surface area contributed by atoms with E-state index < -0.39 is 6.10 Å². The third-order valence-corrected chi connectivity index (χ3v) is 13.9. The van der Waals surface area contributed by atoms with Crippen molar-refractivity contribution in [3.8, 4) is 0 Å². The van der Waals surface area contributed by atoms with Gasteiger partial charge in [0.1, 0.15) is 13.2 Å². The molecule has 70 heavy (non-hydrogen) atoms. The van der Waals surface area contributed by atoms with Crippen LogP contribution in [0.4, 0.5) is 0 Å². The highest BCUT2D eigenvalue weighted by Crippen LogP contribution is 2.17. The second kappa shape index (κ2) is 59.2. The van der Waals surface area contributed by atoms with Crippen LogP contribution in [0.25, 0.3) is 0 Å². The lowest BCUT2D eigenvalue weighted by Gasteiger charge is -2.18. The molecule has 0 aromatic heterocycles. The average Bonchev–Trinajstić information content (AvgIpc) is 3.36. The second-order valence-corrected chi connectivity index (χ2v) is 21.0. The summed E-state index contributed by atoms with van der Waals surface area (Å²) in [5, 5.41) is 0. The minimum Gasteiger partial charge on any atom is -0.462 e. The Kier molecular flexibility index (Phi) is 57.2. The number of carbonyl (C=O) groups excluding carboxylic acids is 3. The summed E-state index contributed by atoms with van der Waals surface area (Å²) in [6.45, 7) is 6.62. The minimum atomic E-state index is -0.771. The van der Waals surface area contributed by atoms with E-state index in [9.17, 15) is 14.4 Å². The standard InChI is InChI=1S/C64H118O6/c1-4-7-10-13-16-18-20-22-24-26-27-28-29-30-31-32-33-34-35-36-37-38-40-41-43-45-48-51-54-57-63(66)69-60-61(59-68-62(65)56-53-50-47-15-12-9-6-3)70-64(67)58-55-52-49-46-44-42-39-25-23-21-19-17-14-11-8-5-2/h20,22,25-27,39,61H,4-19,21,23-24,28-38,40-60H2,1-3H3/b22-20-,27-26-,39-25-. The molecule has 0 radical (unpaired) electrons. The van der Waals surface area contributed by atoms with Gasteiger partial charge >= 0.3 is 17.9 Å².